The number of hydrogen-bond donors (Lipinski definition) is 1. The summed E-state index contributed by atoms with van der Waals surface area (Å²) in [5.74, 6) is 0. The lowest BCUT2D eigenvalue weighted by Gasteiger charge is -2.04. The molecule has 64 valence electrons. The van der Waals surface area contributed by atoms with Crippen molar-refractivity contribution in [3.8, 4) is 0 Å². The summed E-state index contributed by atoms with van der Waals surface area (Å²) in [7, 11) is 0. The highest BCUT2D eigenvalue weighted by atomic mass is 16.3. The van der Waals surface area contributed by atoms with Crippen LogP contribution in [0.3, 0.4) is 0 Å². The predicted octanol–water partition coefficient (Wildman–Crippen LogP) is 2.47. The van der Waals surface area contributed by atoms with Crippen molar-refractivity contribution in [2.24, 2.45) is 0 Å². The highest BCUT2D eigenvalue weighted by Gasteiger charge is 1.98. The van der Waals surface area contributed by atoms with E-state index in [0.29, 0.717) is 0 Å². The summed E-state index contributed by atoms with van der Waals surface area (Å²) in [5, 5.41) is 9.22. The van der Waals surface area contributed by atoms with Gasteiger partial charge in [0.2, 0.25) is 0 Å². The van der Waals surface area contributed by atoms with Crippen molar-refractivity contribution in [1.29, 1.82) is 0 Å². The standard InChI is InChI=1S/C11H14O/c1-3-4-10-5-7-11(8-6-10)9(2)12/h3,5-9,12H,1,4H2,2H3. The summed E-state index contributed by atoms with van der Waals surface area (Å²) in [6, 6.07) is 7.93. The molecular weight excluding hydrogens is 148 g/mol. The maximum Gasteiger partial charge on any atom is 0.0761 e. The van der Waals surface area contributed by atoms with Crippen LogP contribution in [0.25, 0.3) is 0 Å². The zero-order valence-corrected chi connectivity index (χ0v) is 7.33. The van der Waals surface area contributed by atoms with Gasteiger partial charge in [0.05, 0.1) is 6.10 Å². The monoisotopic (exact) mass is 162 g/mol. The van der Waals surface area contributed by atoms with Crippen molar-refractivity contribution in [2.45, 2.75) is 19.4 Å². The van der Waals surface area contributed by atoms with Crippen LogP contribution in [-0.4, -0.2) is 5.11 Å². The molecule has 0 heterocycles. The van der Waals surface area contributed by atoms with Gasteiger partial charge in [0, 0.05) is 0 Å². The molecule has 1 aromatic rings. The topological polar surface area (TPSA) is 20.2 Å². The van der Waals surface area contributed by atoms with E-state index in [1.165, 1.54) is 5.56 Å². The number of benzene rings is 1. The van der Waals surface area contributed by atoms with Gasteiger partial charge in [0.1, 0.15) is 0 Å². The largest absolute Gasteiger partial charge is 0.389 e. The summed E-state index contributed by atoms with van der Waals surface area (Å²) in [5.41, 5.74) is 2.19. The first kappa shape index (κ1) is 9.01. The molecule has 1 N–H and O–H groups in total. The minimum Gasteiger partial charge on any atom is -0.389 e. The molecule has 0 fully saturated rings. The van der Waals surface area contributed by atoms with E-state index in [-0.39, 0.29) is 6.10 Å². The van der Waals surface area contributed by atoms with Crippen LogP contribution in [0.5, 0.6) is 0 Å². The average Bonchev–Trinajstić information content (AvgIpc) is 2.06. The van der Waals surface area contributed by atoms with E-state index in [9.17, 15) is 5.11 Å². The minimum absolute atomic E-state index is 0.372. The van der Waals surface area contributed by atoms with Crippen molar-refractivity contribution in [3.05, 3.63) is 48.0 Å². The second-order valence-electron chi connectivity index (χ2n) is 2.91. The predicted molar refractivity (Wildman–Crippen MR) is 51.0 cm³/mol. The molecule has 0 aliphatic carbocycles. The summed E-state index contributed by atoms with van der Waals surface area (Å²) in [6.07, 6.45) is 2.39. The molecule has 12 heavy (non-hydrogen) atoms. The Kier molecular flexibility index (Phi) is 3.06. The third kappa shape index (κ3) is 2.21. The lowest BCUT2D eigenvalue weighted by molar-refractivity contribution is 0.199. The van der Waals surface area contributed by atoms with Gasteiger partial charge in [0.25, 0.3) is 0 Å². The van der Waals surface area contributed by atoms with Crippen LogP contribution in [0.1, 0.15) is 24.2 Å². The second kappa shape index (κ2) is 4.07. The molecule has 1 aromatic carbocycles. The average molecular weight is 162 g/mol. The van der Waals surface area contributed by atoms with Crippen LogP contribution in [0.2, 0.25) is 0 Å². The van der Waals surface area contributed by atoms with Gasteiger partial charge < -0.3 is 5.11 Å². The number of aliphatic hydroxyl groups excluding tert-OH is 1. The van der Waals surface area contributed by atoms with Gasteiger partial charge >= 0.3 is 0 Å². The van der Waals surface area contributed by atoms with E-state index < -0.39 is 0 Å². The third-order valence-corrected chi connectivity index (χ3v) is 1.84. The van der Waals surface area contributed by atoms with Crippen LogP contribution in [0, 0.1) is 0 Å². The van der Waals surface area contributed by atoms with E-state index in [1.807, 2.05) is 30.3 Å². The zero-order valence-electron chi connectivity index (χ0n) is 7.33. The molecule has 0 spiro atoms. The van der Waals surface area contributed by atoms with Gasteiger partial charge in [0.15, 0.2) is 0 Å². The normalized spacial score (nSPS) is 12.5. The van der Waals surface area contributed by atoms with Gasteiger partial charge in [-0.05, 0) is 24.5 Å². The van der Waals surface area contributed by atoms with Crippen molar-refractivity contribution in [2.75, 3.05) is 0 Å². The Bertz CT molecular complexity index is 246. The molecule has 0 aliphatic rings. The number of allylic oxidation sites excluding steroid dienone is 1. The molecule has 1 atom stereocenters. The smallest absolute Gasteiger partial charge is 0.0761 e. The molecule has 0 aromatic heterocycles. The van der Waals surface area contributed by atoms with Gasteiger partial charge in [-0.15, -0.1) is 6.58 Å². The maximum absolute atomic E-state index is 9.22. The molecule has 1 rings (SSSR count). The lowest BCUT2D eigenvalue weighted by Crippen LogP contribution is -1.90. The Balaban J connectivity index is 2.78. The fourth-order valence-electron chi connectivity index (χ4n) is 1.10. The van der Waals surface area contributed by atoms with Gasteiger partial charge in [-0.2, -0.15) is 0 Å². The van der Waals surface area contributed by atoms with Crippen LogP contribution in [0.4, 0.5) is 0 Å². The summed E-state index contributed by atoms with van der Waals surface area (Å²) >= 11 is 0. The quantitative estimate of drug-likeness (QED) is 0.677. The third-order valence-electron chi connectivity index (χ3n) is 1.84. The number of aliphatic hydroxyl groups is 1. The SMILES string of the molecule is C=CCc1ccc(C(C)O)cc1. The summed E-state index contributed by atoms with van der Waals surface area (Å²) in [4.78, 5) is 0. The Morgan fingerprint density at radius 3 is 2.42 bits per heavy atom. The maximum atomic E-state index is 9.22. The first-order valence-electron chi connectivity index (χ1n) is 4.12. The summed E-state index contributed by atoms with van der Waals surface area (Å²) < 4.78 is 0. The molecule has 1 nitrogen and oxygen atoms in total. The Hall–Kier alpha value is -1.08. The minimum atomic E-state index is -0.372. The molecule has 1 heteroatoms. The van der Waals surface area contributed by atoms with Crippen LogP contribution < -0.4 is 0 Å². The lowest BCUT2D eigenvalue weighted by atomic mass is 10.1. The Morgan fingerprint density at radius 1 is 1.42 bits per heavy atom. The molecule has 0 aliphatic heterocycles. The molecular formula is C11H14O. The van der Waals surface area contributed by atoms with E-state index in [4.69, 9.17) is 0 Å². The Morgan fingerprint density at radius 2 is 2.00 bits per heavy atom. The number of rotatable bonds is 3. The molecule has 0 saturated heterocycles. The van der Waals surface area contributed by atoms with E-state index in [0.717, 1.165) is 12.0 Å². The van der Waals surface area contributed by atoms with Crippen molar-refractivity contribution >= 4 is 0 Å². The number of hydrogen-bond acceptors (Lipinski definition) is 1. The fourth-order valence-corrected chi connectivity index (χ4v) is 1.10. The highest BCUT2D eigenvalue weighted by Crippen LogP contribution is 2.12. The zero-order chi connectivity index (χ0) is 8.97. The first-order chi connectivity index (χ1) is 5.74. The molecule has 0 bridgehead atoms. The Labute approximate surface area is 73.4 Å². The van der Waals surface area contributed by atoms with Gasteiger partial charge in [-0.3, -0.25) is 0 Å². The van der Waals surface area contributed by atoms with Crippen molar-refractivity contribution in [3.63, 3.8) is 0 Å². The fraction of sp³-hybridized carbons (Fsp3) is 0.273. The van der Waals surface area contributed by atoms with Crippen LogP contribution >= 0.6 is 0 Å². The highest BCUT2D eigenvalue weighted by molar-refractivity contribution is 5.24. The first-order valence-corrected chi connectivity index (χ1v) is 4.12. The van der Waals surface area contributed by atoms with Crippen LogP contribution in [0.15, 0.2) is 36.9 Å². The van der Waals surface area contributed by atoms with E-state index in [2.05, 4.69) is 6.58 Å². The molecule has 0 radical (unpaired) electrons. The van der Waals surface area contributed by atoms with Crippen molar-refractivity contribution in [1.82, 2.24) is 0 Å². The molecule has 0 amide bonds. The summed E-state index contributed by atoms with van der Waals surface area (Å²) in [6.45, 7) is 5.43. The molecule has 1 unspecified atom stereocenters. The van der Waals surface area contributed by atoms with Gasteiger partial charge in [-0.1, -0.05) is 30.3 Å². The van der Waals surface area contributed by atoms with Gasteiger partial charge in [-0.25, -0.2) is 0 Å². The molecule has 0 saturated carbocycles. The van der Waals surface area contributed by atoms with Crippen LogP contribution in [-0.2, 0) is 6.42 Å². The van der Waals surface area contributed by atoms with E-state index in [1.54, 1.807) is 6.92 Å². The van der Waals surface area contributed by atoms with E-state index >= 15 is 0 Å². The second-order valence-corrected chi connectivity index (χ2v) is 2.91. The van der Waals surface area contributed by atoms with Crippen molar-refractivity contribution < 1.29 is 5.11 Å².